The lowest BCUT2D eigenvalue weighted by Crippen LogP contribution is -2.43. The topological polar surface area (TPSA) is 97.2 Å². The molecular formula is C25H22BrClN2O5. The first-order chi connectivity index (χ1) is 16.4. The van der Waals surface area contributed by atoms with Gasteiger partial charge in [-0.2, -0.15) is 5.10 Å². The molecule has 3 aromatic carbocycles. The van der Waals surface area contributed by atoms with Gasteiger partial charge in [0.1, 0.15) is 0 Å². The van der Waals surface area contributed by atoms with Gasteiger partial charge in [0.15, 0.2) is 18.0 Å². The number of aliphatic hydroxyl groups is 1. The molecule has 9 heteroatoms. The molecule has 0 aliphatic heterocycles. The highest BCUT2D eigenvalue weighted by molar-refractivity contribution is 9.10. The van der Waals surface area contributed by atoms with Crippen LogP contribution in [-0.4, -0.2) is 36.4 Å². The van der Waals surface area contributed by atoms with Crippen LogP contribution in [0.2, 0.25) is 5.02 Å². The van der Waals surface area contributed by atoms with Crippen molar-refractivity contribution in [1.82, 2.24) is 5.43 Å². The normalized spacial score (nSPS) is 11.3. The molecule has 2 N–H and O–H groups in total. The summed E-state index contributed by atoms with van der Waals surface area (Å²) in [5, 5.41) is 15.6. The van der Waals surface area contributed by atoms with Crippen LogP contribution in [-0.2, 0) is 19.9 Å². The molecule has 0 saturated carbocycles. The number of rotatable bonds is 9. The number of hydrogen-bond acceptors (Lipinski definition) is 6. The van der Waals surface area contributed by atoms with Gasteiger partial charge in [-0.15, -0.1) is 0 Å². The minimum absolute atomic E-state index is 0.233. The molecule has 0 bridgehead atoms. The summed E-state index contributed by atoms with van der Waals surface area (Å²) in [4.78, 5) is 24.6. The van der Waals surface area contributed by atoms with Crippen molar-refractivity contribution in [2.45, 2.75) is 12.5 Å². The molecule has 0 aromatic heterocycles. The van der Waals surface area contributed by atoms with E-state index in [9.17, 15) is 14.7 Å². The van der Waals surface area contributed by atoms with E-state index in [0.717, 1.165) is 0 Å². The summed E-state index contributed by atoms with van der Waals surface area (Å²) in [5.74, 6) is -0.956. The van der Waals surface area contributed by atoms with Gasteiger partial charge in [-0.3, -0.25) is 4.79 Å². The molecule has 0 atom stereocenters. The van der Waals surface area contributed by atoms with Gasteiger partial charge in [-0.05, 0) is 51.7 Å². The fourth-order valence-corrected chi connectivity index (χ4v) is 4.15. The van der Waals surface area contributed by atoms with Crippen molar-refractivity contribution in [1.29, 1.82) is 0 Å². The molecule has 176 valence electrons. The fourth-order valence-electron chi connectivity index (χ4n) is 3.16. The van der Waals surface area contributed by atoms with Gasteiger partial charge in [-0.25, -0.2) is 10.2 Å². The maximum atomic E-state index is 13.1. The maximum Gasteiger partial charge on any atom is 0.344 e. The molecule has 3 rings (SSSR count). The fraction of sp³-hybridized carbons (Fsp3) is 0.160. The molecule has 7 nitrogen and oxygen atoms in total. The Morgan fingerprint density at radius 2 is 1.68 bits per heavy atom. The van der Waals surface area contributed by atoms with Crippen LogP contribution in [0.1, 0.15) is 23.6 Å². The summed E-state index contributed by atoms with van der Waals surface area (Å²) < 4.78 is 10.7. The zero-order valence-electron chi connectivity index (χ0n) is 18.2. The summed E-state index contributed by atoms with van der Waals surface area (Å²) in [6.45, 7) is 1.67. The summed E-state index contributed by atoms with van der Waals surface area (Å²) in [5.41, 5.74) is 1.82. The number of nitrogens with zero attached hydrogens (tertiary/aromatic N) is 1. The van der Waals surface area contributed by atoms with E-state index in [0.29, 0.717) is 21.2 Å². The minimum atomic E-state index is -1.94. The Bertz CT molecular complexity index is 1110. The molecule has 0 unspecified atom stereocenters. The predicted octanol–water partition coefficient (Wildman–Crippen LogP) is 4.43. The van der Waals surface area contributed by atoms with Gasteiger partial charge in [0.05, 0.1) is 22.3 Å². The van der Waals surface area contributed by atoms with E-state index in [4.69, 9.17) is 21.1 Å². The second-order valence-electron chi connectivity index (χ2n) is 7.05. The smallest absolute Gasteiger partial charge is 0.344 e. The van der Waals surface area contributed by atoms with Crippen molar-refractivity contribution in [3.8, 4) is 5.75 Å². The van der Waals surface area contributed by atoms with Gasteiger partial charge < -0.3 is 14.6 Å². The second kappa shape index (κ2) is 11.8. The van der Waals surface area contributed by atoms with E-state index in [1.165, 1.54) is 6.21 Å². The Morgan fingerprint density at radius 3 is 2.21 bits per heavy atom. The highest BCUT2D eigenvalue weighted by atomic mass is 79.9. The van der Waals surface area contributed by atoms with Crippen LogP contribution in [0.5, 0.6) is 5.75 Å². The van der Waals surface area contributed by atoms with Crippen LogP contribution in [0.4, 0.5) is 0 Å². The highest BCUT2D eigenvalue weighted by Gasteiger charge is 2.39. The van der Waals surface area contributed by atoms with Crippen molar-refractivity contribution in [3.05, 3.63) is 99.0 Å². The molecular weight excluding hydrogens is 524 g/mol. The number of ether oxygens (including phenoxy) is 2. The van der Waals surface area contributed by atoms with E-state index < -0.39 is 17.5 Å². The lowest BCUT2D eigenvalue weighted by atomic mass is 9.85. The number of carbonyl (C=O) groups excluding carboxylic acids is 2. The first-order valence-electron chi connectivity index (χ1n) is 10.3. The zero-order valence-corrected chi connectivity index (χ0v) is 20.5. The highest BCUT2D eigenvalue weighted by Crippen LogP contribution is 2.34. The van der Waals surface area contributed by atoms with E-state index >= 15 is 0 Å². The Morgan fingerprint density at radius 1 is 1.09 bits per heavy atom. The van der Waals surface area contributed by atoms with Crippen molar-refractivity contribution >= 4 is 45.6 Å². The number of halogens is 2. The van der Waals surface area contributed by atoms with Crippen LogP contribution in [0.3, 0.4) is 0 Å². The Labute approximate surface area is 210 Å². The van der Waals surface area contributed by atoms with Gasteiger partial charge in [0.25, 0.3) is 5.91 Å². The molecule has 0 heterocycles. The van der Waals surface area contributed by atoms with Crippen molar-refractivity contribution < 1.29 is 24.2 Å². The van der Waals surface area contributed by atoms with Crippen LogP contribution < -0.4 is 10.2 Å². The number of hydrazone groups is 1. The lowest BCUT2D eigenvalue weighted by Gasteiger charge is -2.27. The number of hydrogen-bond donors (Lipinski definition) is 2. The van der Waals surface area contributed by atoms with Crippen LogP contribution in [0.15, 0.2) is 82.4 Å². The Hall–Kier alpha value is -3.20. The lowest BCUT2D eigenvalue weighted by molar-refractivity contribution is -0.145. The van der Waals surface area contributed by atoms with E-state index in [-0.39, 0.29) is 24.0 Å². The molecule has 0 aliphatic carbocycles. The first-order valence-corrected chi connectivity index (χ1v) is 11.5. The van der Waals surface area contributed by atoms with E-state index in [1.54, 1.807) is 79.7 Å². The average molecular weight is 546 g/mol. The molecule has 0 aliphatic rings. The third kappa shape index (κ3) is 6.02. The van der Waals surface area contributed by atoms with Crippen LogP contribution >= 0.6 is 27.5 Å². The average Bonchev–Trinajstić information content (AvgIpc) is 2.84. The first kappa shape index (κ1) is 25.4. The van der Waals surface area contributed by atoms with Gasteiger partial charge >= 0.3 is 5.97 Å². The van der Waals surface area contributed by atoms with Gasteiger partial charge in [-0.1, -0.05) is 72.3 Å². The number of carbonyl (C=O) groups is 2. The zero-order chi connectivity index (χ0) is 24.6. The standard InChI is InChI=1S/C25H22BrClN2O5/c1-2-33-22(30)16-34-23-20(26)13-17(14-21(23)27)15-28-29-24(31)25(32,18-9-5-3-6-10-18)19-11-7-4-8-12-19/h3-15,32H,2,16H2,1H3,(H,29,31)/b28-15-. The largest absolute Gasteiger partial charge is 0.479 e. The molecule has 0 radical (unpaired) electrons. The number of nitrogens with one attached hydrogen (secondary N) is 1. The van der Waals surface area contributed by atoms with E-state index in [1.807, 2.05) is 0 Å². The molecule has 0 saturated heterocycles. The van der Waals surface area contributed by atoms with Crippen molar-refractivity contribution in [3.63, 3.8) is 0 Å². The third-order valence-corrected chi connectivity index (χ3v) is 5.62. The molecule has 1 amide bonds. The van der Waals surface area contributed by atoms with Crippen LogP contribution in [0.25, 0.3) is 0 Å². The molecule has 0 fully saturated rings. The summed E-state index contributed by atoms with van der Waals surface area (Å²) in [6.07, 6.45) is 1.38. The van der Waals surface area contributed by atoms with E-state index in [2.05, 4.69) is 26.5 Å². The third-order valence-electron chi connectivity index (χ3n) is 4.75. The number of esters is 1. The SMILES string of the molecule is CCOC(=O)COc1c(Cl)cc(/C=N\NC(=O)C(O)(c2ccccc2)c2ccccc2)cc1Br. The Balaban J connectivity index is 1.77. The van der Waals surface area contributed by atoms with Crippen molar-refractivity contribution in [2.24, 2.45) is 5.10 Å². The summed E-state index contributed by atoms with van der Waals surface area (Å²) >= 11 is 9.62. The second-order valence-corrected chi connectivity index (χ2v) is 8.31. The van der Waals surface area contributed by atoms with Gasteiger partial charge in [0.2, 0.25) is 0 Å². The Kier molecular flexibility index (Phi) is 8.81. The number of amides is 1. The summed E-state index contributed by atoms with van der Waals surface area (Å²) in [7, 11) is 0. The molecule has 34 heavy (non-hydrogen) atoms. The molecule has 0 spiro atoms. The monoisotopic (exact) mass is 544 g/mol. The van der Waals surface area contributed by atoms with Gasteiger partial charge in [0, 0.05) is 0 Å². The molecule has 3 aromatic rings. The summed E-state index contributed by atoms with van der Waals surface area (Å²) in [6, 6.07) is 20.4. The van der Waals surface area contributed by atoms with Crippen molar-refractivity contribution in [2.75, 3.05) is 13.2 Å². The maximum absolute atomic E-state index is 13.1. The minimum Gasteiger partial charge on any atom is -0.479 e. The van der Waals surface area contributed by atoms with Crippen LogP contribution in [0, 0.1) is 0 Å². The quantitative estimate of drug-likeness (QED) is 0.236. The number of benzene rings is 3. The predicted molar refractivity (Wildman–Crippen MR) is 133 cm³/mol.